The van der Waals surface area contributed by atoms with E-state index in [-0.39, 0.29) is 11.1 Å². The first kappa shape index (κ1) is 12.0. The SMILES string of the molecule is CC1OCCC1Sc1cc(Cl)c(F)cc1N. The third-order valence-corrected chi connectivity index (χ3v) is 4.46. The average molecular weight is 262 g/mol. The molecule has 16 heavy (non-hydrogen) atoms. The number of halogens is 2. The summed E-state index contributed by atoms with van der Waals surface area (Å²) in [4.78, 5) is 0.828. The van der Waals surface area contributed by atoms with Gasteiger partial charge in [0.1, 0.15) is 5.82 Å². The quantitative estimate of drug-likeness (QED) is 0.830. The van der Waals surface area contributed by atoms with E-state index in [1.165, 1.54) is 6.07 Å². The van der Waals surface area contributed by atoms with Crippen LogP contribution in [0.4, 0.5) is 10.1 Å². The fourth-order valence-electron chi connectivity index (χ4n) is 1.68. The third-order valence-electron chi connectivity index (χ3n) is 2.64. The van der Waals surface area contributed by atoms with Crippen LogP contribution in [0.3, 0.4) is 0 Å². The van der Waals surface area contributed by atoms with Crippen molar-refractivity contribution in [2.45, 2.75) is 29.6 Å². The molecule has 0 aliphatic carbocycles. The minimum Gasteiger partial charge on any atom is -0.398 e. The van der Waals surface area contributed by atoms with Crippen molar-refractivity contribution in [3.63, 3.8) is 0 Å². The maximum atomic E-state index is 13.1. The summed E-state index contributed by atoms with van der Waals surface area (Å²) >= 11 is 7.34. The molecule has 0 bridgehead atoms. The van der Waals surface area contributed by atoms with Gasteiger partial charge in [-0.15, -0.1) is 11.8 Å². The maximum Gasteiger partial charge on any atom is 0.143 e. The lowest BCUT2D eigenvalue weighted by Gasteiger charge is -2.15. The molecule has 2 unspecified atom stereocenters. The van der Waals surface area contributed by atoms with Crippen molar-refractivity contribution < 1.29 is 9.13 Å². The first-order valence-corrected chi connectivity index (χ1v) is 6.36. The molecule has 0 aromatic heterocycles. The Morgan fingerprint density at radius 3 is 2.94 bits per heavy atom. The molecule has 2 N–H and O–H groups in total. The highest BCUT2D eigenvalue weighted by molar-refractivity contribution is 8.00. The third kappa shape index (κ3) is 2.44. The summed E-state index contributed by atoms with van der Waals surface area (Å²) in [6, 6.07) is 2.85. The summed E-state index contributed by atoms with van der Waals surface area (Å²) < 4.78 is 18.6. The Hall–Kier alpha value is -0.450. The second-order valence-corrected chi connectivity index (χ2v) is 5.51. The van der Waals surface area contributed by atoms with Gasteiger partial charge in [0.2, 0.25) is 0 Å². The smallest absolute Gasteiger partial charge is 0.143 e. The molecular formula is C11H13ClFNOS. The van der Waals surface area contributed by atoms with E-state index >= 15 is 0 Å². The van der Waals surface area contributed by atoms with Gasteiger partial charge in [0.15, 0.2) is 0 Å². The summed E-state index contributed by atoms with van der Waals surface area (Å²) in [7, 11) is 0. The number of nitrogen functional groups attached to an aromatic ring is 1. The van der Waals surface area contributed by atoms with Crippen LogP contribution in [-0.2, 0) is 4.74 Å². The van der Waals surface area contributed by atoms with Gasteiger partial charge < -0.3 is 10.5 Å². The van der Waals surface area contributed by atoms with Gasteiger partial charge in [-0.05, 0) is 25.5 Å². The van der Waals surface area contributed by atoms with Gasteiger partial charge >= 0.3 is 0 Å². The van der Waals surface area contributed by atoms with E-state index in [1.807, 2.05) is 6.92 Å². The van der Waals surface area contributed by atoms with Crippen LogP contribution < -0.4 is 5.73 Å². The number of nitrogens with two attached hydrogens (primary N) is 1. The Kier molecular flexibility index (Phi) is 3.62. The standard InChI is InChI=1S/C11H13ClFNOS/c1-6-10(2-3-15-6)16-11-4-7(12)8(13)5-9(11)14/h4-6,10H,2-3,14H2,1H3. The summed E-state index contributed by atoms with van der Waals surface area (Å²) in [6.07, 6.45) is 1.19. The summed E-state index contributed by atoms with van der Waals surface area (Å²) in [6.45, 7) is 2.81. The average Bonchev–Trinajstić information content (AvgIpc) is 2.61. The van der Waals surface area contributed by atoms with Gasteiger partial charge in [0, 0.05) is 22.4 Å². The van der Waals surface area contributed by atoms with E-state index in [2.05, 4.69) is 0 Å². The van der Waals surface area contributed by atoms with E-state index in [0.29, 0.717) is 10.9 Å². The van der Waals surface area contributed by atoms with Gasteiger partial charge in [-0.2, -0.15) is 0 Å². The molecule has 0 radical (unpaired) electrons. The fourth-order valence-corrected chi connectivity index (χ4v) is 3.10. The predicted octanol–water partition coefficient (Wildman–Crippen LogP) is 3.33. The van der Waals surface area contributed by atoms with Crippen LogP contribution >= 0.6 is 23.4 Å². The van der Waals surface area contributed by atoms with E-state index in [4.69, 9.17) is 22.1 Å². The molecule has 0 spiro atoms. The van der Waals surface area contributed by atoms with Crippen LogP contribution in [0, 0.1) is 5.82 Å². The Balaban J connectivity index is 2.18. The van der Waals surface area contributed by atoms with Gasteiger partial charge in [-0.1, -0.05) is 11.6 Å². The number of ether oxygens (including phenoxy) is 1. The second-order valence-electron chi connectivity index (χ2n) is 3.83. The molecule has 1 aromatic carbocycles. The molecule has 1 aromatic rings. The molecule has 2 atom stereocenters. The molecule has 2 rings (SSSR count). The molecule has 5 heteroatoms. The van der Waals surface area contributed by atoms with Crippen LogP contribution in [0.15, 0.2) is 17.0 Å². The summed E-state index contributed by atoms with van der Waals surface area (Å²) in [5.74, 6) is -0.473. The van der Waals surface area contributed by atoms with E-state index in [9.17, 15) is 4.39 Å². The van der Waals surface area contributed by atoms with Crippen molar-refractivity contribution in [3.8, 4) is 0 Å². The fraction of sp³-hybridized carbons (Fsp3) is 0.455. The molecule has 0 amide bonds. The summed E-state index contributed by atoms with van der Waals surface area (Å²) in [5, 5.41) is 0.479. The van der Waals surface area contributed by atoms with Crippen molar-refractivity contribution in [3.05, 3.63) is 23.0 Å². The molecular weight excluding hydrogens is 249 g/mol. The van der Waals surface area contributed by atoms with E-state index < -0.39 is 5.82 Å². The first-order valence-electron chi connectivity index (χ1n) is 5.10. The Bertz CT molecular complexity index is 402. The lowest BCUT2D eigenvalue weighted by Crippen LogP contribution is -2.13. The highest BCUT2D eigenvalue weighted by Crippen LogP contribution is 2.37. The molecule has 1 fully saturated rings. The molecule has 1 heterocycles. The van der Waals surface area contributed by atoms with Gasteiger partial charge in [-0.3, -0.25) is 0 Å². The molecule has 1 saturated heterocycles. The van der Waals surface area contributed by atoms with Crippen molar-refractivity contribution in [2.24, 2.45) is 0 Å². The zero-order chi connectivity index (χ0) is 11.7. The van der Waals surface area contributed by atoms with Crippen molar-refractivity contribution in [2.75, 3.05) is 12.3 Å². The topological polar surface area (TPSA) is 35.2 Å². The van der Waals surface area contributed by atoms with Gasteiger partial charge in [0.25, 0.3) is 0 Å². The Morgan fingerprint density at radius 2 is 2.31 bits per heavy atom. The van der Waals surface area contributed by atoms with Crippen LogP contribution in [0.2, 0.25) is 5.02 Å². The minimum absolute atomic E-state index is 0.114. The lowest BCUT2D eigenvalue weighted by atomic mass is 10.3. The normalized spacial score (nSPS) is 24.9. The first-order chi connectivity index (χ1) is 7.58. The van der Waals surface area contributed by atoms with Gasteiger partial charge in [-0.25, -0.2) is 4.39 Å². The zero-order valence-electron chi connectivity index (χ0n) is 8.87. The van der Waals surface area contributed by atoms with E-state index in [1.54, 1.807) is 17.8 Å². The van der Waals surface area contributed by atoms with Crippen LogP contribution in [0.5, 0.6) is 0 Å². The number of rotatable bonds is 2. The highest BCUT2D eigenvalue weighted by atomic mass is 35.5. The van der Waals surface area contributed by atoms with Crippen LogP contribution in [0.25, 0.3) is 0 Å². The monoisotopic (exact) mass is 261 g/mol. The van der Waals surface area contributed by atoms with Crippen molar-refractivity contribution in [1.29, 1.82) is 0 Å². The predicted molar refractivity (Wildman–Crippen MR) is 65.5 cm³/mol. The molecule has 1 aliphatic rings. The summed E-state index contributed by atoms with van der Waals surface area (Å²) in [5.41, 5.74) is 6.19. The second kappa shape index (κ2) is 4.82. The Labute approximate surface area is 103 Å². The minimum atomic E-state index is -0.473. The van der Waals surface area contributed by atoms with Gasteiger partial charge in [0.05, 0.1) is 11.1 Å². The highest BCUT2D eigenvalue weighted by Gasteiger charge is 2.26. The Morgan fingerprint density at radius 1 is 1.56 bits per heavy atom. The number of anilines is 1. The molecule has 0 saturated carbocycles. The number of hydrogen-bond acceptors (Lipinski definition) is 3. The molecule has 88 valence electrons. The number of hydrogen-bond donors (Lipinski definition) is 1. The molecule has 2 nitrogen and oxygen atoms in total. The number of benzene rings is 1. The van der Waals surface area contributed by atoms with Crippen molar-refractivity contribution in [1.82, 2.24) is 0 Å². The van der Waals surface area contributed by atoms with Crippen LogP contribution in [0.1, 0.15) is 13.3 Å². The van der Waals surface area contributed by atoms with Crippen LogP contribution in [-0.4, -0.2) is 18.0 Å². The van der Waals surface area contributed by atoms with E-state index in [0.717, 1.165) is 17.9 Å². The number of thioether (sulfide) groups is 1. The molecule has 1 aliphatic heterocycles. The largest absolute Gasteiger partial charge is 0.398 e. The lowest BCUT2D eigenvalue weighted by molar-refractivity contribution is 0.127. The van der Waals surface area contributed by atoms with Crippen molar-refractivity contribution >= 4 is 29.1 Å². The zero-order valence-corrected chi connectivity index (χ0v) is 10.4. The maximum absolute atomic E-state index is 13.1.